The minimum absolute atomic E-state index is 0.0438. The zero-order valence-corrected chi connectivity index (χ0v) is 17.1. The van der Waals surface area contributed by atoms with Crippen LogP contribution in [0.25, 0.3) is 21.8 Å². The molecule has 0 bridgehead atoms. The Labute approximate surface area is 179 Å². The third-order valence-electron chi connectivity index (χ3n) is 6.84. The fourth-order valence-electron chi connectivity index (χ4n) is 5.16. The Hall–Kier alpha value is -3.44. The highest BCUT2D eigenvalue weighted by Gasteiger charge is 2.43. The second-order valence-corrected chi connectivity index (χ2v) is 8.46. The third kappa shape index (κ3) is 2.73. The molecular formula is C26H22N2O3. The van der Waals surface area contributed by atoms with Crippen LogP contribution in [-0.2, 0) is 16.9 Å². The van der Waals surface area contributed by atoms with Crippen molar-refractivity contribution < 1.29 is 9.53 Å². The van der Waals surface area contributed by atoms with E-state index in [-0.39, 0.29) is 16.9 Å². The summed E-state index contributed by atoms with van der Waals surface area (Å²) in [7, 11) is 0. The lowest BCUT2D eigenvalue weighted by atomic mass is 9.83. The first kappa shape index (κ1) is 18.3. The van der Waals surface area contributed by atoms with Gasteiger partial charge in [-0.25, -0.2) is 0 Å². The number of nitrogens with zero attached hydrogens (tertiary/aromatic N) is 1. The minimum Gasteiger partial charge on any atom is -0.365 e. The zero-order chi connectivity index (χ0) is 21.0. The molecule has 0 atom stereocenters. The summed E-state index contributed by atoms with van der Waals surface area (Å²) < 4.78 is 6.23. The predicted molar refractivity (Wildman–Crippen MR) is 120 cm³/mol. The molecule has 2 aliphatic rings. The molecule has 1 N–H and O–H groups in total. The number of hydrogen-bond acceptors (Lipinski definition) is 3. The molecule has 5 nitrogen and oxygen atoms in total. The van der Waals surface area contributed by atoms with E-state index in [1.54, 1.807) is 18.2 Å². The smallest absolute Gasteiger partial charge is 0.255 e. The van der Waals surface area contributed by atoms with Gasteiger partial charge in [0.2, 0.25) is 0 Å². The van der Waals surface area contributed by atoms with Crippen molar-refractivity contribution in [1.29, 1.82) is 0 Å². The van der Waals surface area contributed by atoms with E-state index in [1.807, 2.05) is 35.2 Å². The molecule has 1 aromatic heterocycles. The Bertz CT molecular complexity index is 1400. The molecule has 0 aliphatic carbocycles. The van der Waals surface area contributed by atoms with Crippen LogP contribution in [0, 0.1) is 0 Å². The fraction of sp³-hybridized carbons (Fsp3) is 0.231. The molecule has 5 heteroatoms. The zero-order valence-electron chi connectivity index (χ0n) is 17.1. The van der Waals surface area contributed by atoms with Crippen LogP contribution in [-0.4, -0.2) is 28.9 Å². The number of H-pyrrole nitrogens is 1. The number of para-hydroxylation sites is 2. The number of likely N-dealkylation sites (tertiary alicyclic amines) is 1. The van der Waals surface area contributed by atoms with E-state index in [0.717, 1.165) is 18.4 Å². The first-order chi connectivity index (χ1) is 15.2. The van der Waals surface area contributed by atoms with Gasteiger partial charge in [-0.3, -0.25) is 9.59 Å². The molecule has 3 aromatic carbocycles. The van der Waals surface area contributed by atoms with E-state index in [4.69, 9.17) is 4.74 Å². The maximum atomic E-state index is 13.5. The number of ether oxygens (including phenoxy) is 1. The molecule has 1 spiro atoms. The van der Waals surface area contributed by atoms with Gasteiger partial charge in [0.25, 0.3) is 5.91 Å². The van der Waals surface area contributed by atoms with Crippen LogP contribution in [0.2, 0.25) is 0 Å². The number of hydrogen-bond donors (Lipinski definition) is 1. The molecule has 1 fully saturated rings. The summed E-state index contributed by atoms with van der Waals surface area (Å²) in [6, 6.07) is 21.2. The summed E-state index contributed by atoms with van der Waals surface area (Å²) in [6.45, 7) is 1.89. The predicted octanol–water partition coefficient (Wildman–Crippen LogP) is 4.34. The maximum absolute atomic E-state index is 13.5. The van der Waals surface area contributed by atoms with Gasteiger partial charge in [-0.1, -0.05) is 42.5 Å². The molecule has 1 amide bonds. The molecular weight excluding hydrogens is 388 g/mol. The molecule has 3 heterocycles. The summed E-state index contributed by atoms with van der Waals surface area (Å²) >= 11 is 0. The van der Waals surface area contributed by atoms with Crippen molar-refractivity contribution >= 4 is 27.7 Å². The Morgan fingerprint density at radius 1 is 0.903 bits per heavy atom. The molecule has 154 valence electrons. The Balaban J connectivity index is 1.34. The number of aromatic nitrogens is 1. The number of piperidine rings is 1. The summed E-state index contributed by atoms with van der Waals surface area (Å²) in [5.41, 5.74) is 4.09. The summed E-state index contributed by atoms with van der Waals surface area (Å²) in [5, 5.41) is 1.18. The topological polar surface area (TPSA) is 62.4 Å². The van der Waals surface area contributed by atoms with Crippen LogP contribution in [0.5, 0.6) is 0 Å². The summed E-state index contributed by atoms with van der Waals surface area (Å²) in [4.78, 5) is 31.7. The van der Waals surface area contributed by atoms with Crippen LogP contribution >= 0.6 is 0 Å². The highest BCUT2D eigenvalue weighted by molar-refractivity contribution is 6.07. The van der Waals surface area contributed by atoms with E-state index in [0.29, 0.717) is 41.5 Å². The van der Waals surface area contributed by atoms with Crippen molar-refractivity contribution in [2.75, 3.05) is 13.1 Å². The summed E-state index contributed by atoms with van der Waals surface area (Å²) in [5.74, 6) is -0.0438. The lowest BCUT2D eigenvalue weighted by Gasteiger charge is -2.39. The molecule has 4 aromatic rings. The molecule has 1 saturated heterocycles. The largest absolute Gasteiger partial charge is 0.365 e. The Morgan fingerprint density at radius 2 is 1.65 bits per heavy atom. The first-order valence-electron chi connectivity index (χ1n) is 10.7. The quantitative estimate of drug-likeness (QED) is 0.475. The second-order valence-electron chi connectivity index (χ2n) is 8.46. The van der Waals surface area contributed by atoms with Gasteiger partial charge in [0.1, 0.15) is 0 Å². The Kier molecular flexibility index (Phi) is 4.02. The lowest BCUT2D eigenvalue weighted by Crippen LogP contribution is -2.45. The van der Waals surface area contributed by atoms with Crippen LogP contribution < -0.4 is 5.43 Å². The molecule has 31 heavy (non-hydrogen) atoms. The third-order valence-corrected chi connectivity index (χ3v) is 6.84. The normalized spacial score (nSPS) is 17.4. The van der Waals surface area contributed by atoms with Gasteiger partial charge in [0.15, 0.2) is 5.43 Å². The average molecular weight is 410 g/mol. The number of amides is 1. The SMILES string of the molecule is O=C(c1cccc2c(=O)c3ccccc3[nH]c12)N1CCC2(CC1)OCc1ccccc12. The van der Waals surface area contributed by atoms with Crippen LogP contribution in [0.3, 0.4) is 0 Å². The van der Waals surface area contributed by atoms with Crippen molar-refractivity contribution in [3.8, 4) is 0 Å². The van der Waals surface area contributed by atoms with Crippen molar-refractivity contribution in [3.05, 3.63) is 93.6 Å². The van der Waals surface area contributed by atoms with Gasteiger partial charge in [-0.05, 0) is 48.2 Å². The van der Waals surface area contributed by atoms with Crippen molar-refractivity contribution in [2.24, 2.45) is 0 Å². The molecule has 0 radical (unpaired) electrons. The number of aromatic amines is 1. The first-order valence-corrected chi connectivity index (χ1v) is 10.7. The maximum Gasteiger partial charge on any atom is 0.255 e. The standard InChI is InChI=1S/C26H22N2O3/c29-24-18-7-2-4-11-22(18)27-23-19(24)8-5-9-20(23)25(30)28-14-12-26(13-15-28)21-10-3-1-6-17(21)16-31-26/h1-11H,12-16H2,(H,27,29). The van der Waals surface area contributed by atoms with E-state index in [1.165, 1.54) is 11.1 Å². The number of fused-ring (bicyclic) bond motifs is 4. The van der Waals surface area contributed by atoms with E-state index >= 15 is 0 Å². The number of benzene rings is 3. The van der Waals surface area contributed by atoms with Crippen molar-refractivity contribution in [2.45, 2.75) is 25.0 Å². The van der Waals surface area contributed by atoms with Gasteiger partial charge in [0.05, 0.1) is 23.3 Å². The van der Waals surface area contributed by atoms with Gasteiger partial charge in [-0.2, -0.15) is 0 Å². The van der Waals surface area contributed by atoms with E-state index < -0.39 is 0 Å². The van der Waals surface area contributed by atoms with Gasteiger partial charge >= 0.3 is 0 Å². The number of pyridine rings is 1. The van der Waals surface area contributed by atoms with Crippen molar-refractivity contribution in [1.82, 2.24) is 9.88 Å². The number of carbonyl (C=O) groups excluding carboxylic acids is 1. The molecule has 6 rings (SSSR count). The fourth-order valence-corrected chi connectivity index (χ4v) is 5.16. The van der Waals surface area contributed by atoms with Crippen LogP contribution in [0.4, 0.5) is 0 Å². The van der Waals surface area contributed by atoms with Crippen LogP contribution in [0.15, 0.2) is 71.5 Å². The highest BCUT2D eigenvalue weighted by atomic mass is 16.5. The second kappa shape index (κ2) is 6.79. The van der Waals surface area contributed by atoms with Gasteiger partial charge in [0, 0.05) is 29.4 Å². The van der Waals surface area contributed by atoms with E-state index in [2.05, 4.69) is 23.2 Å². The molecule has 0 saturated carbocycles. The average Bonchev–Trinajstić information content (AvgIpc) is 3.17. The van der Waals surface area contributed by atoms with Gasteiger partial charge < -0.3 is 14.6 Å². The van der Waals surface area contributed by atoms with Gasteiger partial charge in [-0.15, -0.1) is 0 Å². The molecule has 0 unspecified atom stereocenters. The number of nitrogens with one attached hydrogen (secondary N) is 1. The lowest BCUT2D eigenvalue weighted by molar-refractivity contribution is -0.0741. The number of carbonyl (C=O) groups is 1. The highest BCUT2D eigenvalue weighted by Crippen LogP contribution is 2.44. The van der Waals surface area contributed by atoms with E-state index in [9.17, 15) is 9.59 Å². The monoisotopic (exact) mass is 410 g/mol. The molecule has 2 aliphatic heterocycles. The summed E-state index contributed by atoms with van der Waals surface area (Å²) in [6.07, 6.45) is 1.56. The van der Waals surface area contributed by atoms with Crippen LogP contribution in [0.1, 0.15) is 34.3 Å². The number of rotatable bonds is 1. The van der Waals surface area contributed by atoms with Crippen molar-refractivity contribution in [3.63, 3.8) is 0 Å². The minimum atomic E-state index is -0.281. The Morgan fingerprint density at radius 3 is 2.52 bits per heavy atom.